The highest BCUT2D eigenvalue weighted by molar-refractivity contribution is 7.80. The lowest BCUT2D eigenvalue weighted by atomic mass is 10.1. The van der Waals surface area contributed by atoms with Crippen LogP contribution < -0.4 is 0 Å². The normalized spacial score (nSPS) is 13.1. The lowest BCUT2D eigenvalue weighted by Gasteiger charge is -2.18. The Morgan fingerprint density at radius 2 is 1.80 bits per heavy atom. The molecule has 0 heterocycles. The van der Waals surface area contributed by atoms with Crippen molar-refractivity contribution in [1.29, 1.82) is 0 Å². The molecule has 0 aliphatic carbocycles. The molecule has 1 rings (SSSR count). The predicted molar refractivity (Wildman–Crippen MR) is 67.5 cm³/mol. The van der Waals surface area contributed by atoms with E-state index in [4.69, 9.17) is 4.74 Å². The summed E-state index contributed by atoms with van der Waals surface area (Å²) in [4.78, 5) is 0.998. The molecule has 0 unspecified atom stereocenters. The SMILES string of the molecule is CC[C@H](OCC(C)C)c1ccc(S)cc1. The standard InChI is InChI=1S/C13H20OS/c1-4-13(14-9-10(2)3)11-5-7-12(15)8-6-11/h5-8,10,13,15H,4,9H2,1-3H3/t13-/m0/s1. The van der Waals surface area contributed by atoms with Gasteiger partial charge in [0.1, 0.15) is 0 Å². The second kappa shape index (κ2) is 6.19. The molecule has 0 radical (unpaired) electrons. The van der Waals surface area contributed by atoms with Gasteiger partial charge in [-0.25, -0.2) is 0 Å². The van der Waals surface area contributed by atoms with Crippen LogP contribution in [-0.2, 0) is 4.74 Å². The third kappa shape index (κ3) is 4.27. The van der Waals surface area contributed by atoms with E-state index < -0.39 is 0 Å². The molecule has 1 atom stereocenters. The maximum atomic E-state index is 5.85. The van der Waals surface area contributed by atoms with Crippen LogP contribution in [0.5, 0.6) is 0 Å². The molecule has 1 aromatic rings. The van der Waals surface area contributed by atoms with Gasteiger partial charge in [0.05, 0.1) is 6.10 Å². The number of ether oxygens (including phenoxy) is 1. The molecule has 0 saturated heterocycles. The zero-order chi connectivity index (χ0) is 11.3. The third-order valence-corrected chi connectivity index (χ3v) is 2.56. The number of benzene rings is 1. The molecule has 1 aromatic carbocycles. The summed E-state index contributed by atoms with van der Waals surface area (Å²) >= 11 is 4.27. The summed E-state index contributed by atoms with van der Waals surface area (Å²) in [6.07, 6.45) is 1.24. The van der Waals surface area contributed by atoms with E-state index in [0.29, 0.717) is 5.92 Å². The Morgan fingerprint density at radius 1 is 1.20 bits per heavy atom. The molecule has 0 bridgehead atoms. The number of hydrogen-bond donors (Lipinski definition) is 1. The molecule has 0 aliphatic heterocycles. The molecule has 0 N–H and O–H groups in total. The van der Waals surface area contributed by atoms with E-state index >= 15 is 0 Å². The summed E-state index contributed by atoms with van der Waals surface area (Å²) in [5.41, 5.74) is 1.25. The monoisotopic (exact) mass is 224 g/mol. The van der Waals surface area contributed by atoms with Gasteiger partial charge in [-0.2, -0.15) is 0 Å². The smallest absolute Gasteiger partial charge is 0.0822 e. The molecule has 0 aromatic heterocycles. The minimum Gasteiger partial charge on any atom is -0.373 e. The minimum atomic E-state index is 0.223. The van der Waals surface area contributed by atoms with Crippen molar-refractivity contribution in [2.24, 2.45) is 5.92 Å². The Hall–Kier alpha value is -0.470. The van der Waals surface area contributed by atoms with Crippen LogP contribution in [0.4, 0.5) is 0 Å². The Labute approximate surface area is 98.3 Å². The Kier molecular flexibility index (Phi) is 5.20. The molecule has 0 saturated carbocycles. The van der Waals surface area contributed by atoms with Crippen LogP contribution in [0.3, 0.4) is 0 Å². The Bertz CT molecular complexity index is 279. The zero-order valence-electron chi connectivity index (χ0n) is 9.73. The maximum absolute atomic E-state index is 5.85. The average molecular weight is 224 g/mol. The summed E-state index contributed by atoms with van der Waals surface area (Å²) in [5, 5.41) is 0. The van der Waals surface area contributed by atoms with Crippen molar-refractivity contribution in [1.82, 2.24) is 0 Å². The molecule has 1 nitrogen and oxygen atoms in total. The molecule has 0 spiro atoms. The maximum Gasteiger partial charge on any atom is 0.0822 e. The third-order valence-electron chi connectivity index (χ3n) is 2.27. The summed E-state index contributed by atoms with van der Waals surface area (Å²) < 4.78 is 5.85. The van der Waals surface area contributed by atoms with Crippen LogP contribution in [-0.4, -0.2) is 6.61 Å². The van der Waals surface area contributed by atoms with Crippen LogP contribution in [0, 0.1) is 5.92 Å². The fourth-order valence-corrected chi connectivity index (χ4v) is 1.60. The quantitative estimate of drug-likeness (QED) is 0.741. The van der Waals surface area contributed by atoms with Crippen molar-refractivity contribution in [2.45, 2.75) is 38.2 Å². The van der Waals surface area contributed by atoms with E-state index in [1.54, 1.807) is 0 Å². The highest BCUT2D eigenvalue weighted by Crippen LogP contribution is 2.22. The molecule has 0 aliphatic rings. The van der Waals surface area contributed by atoms with Crippen LogP contribution in [0.25, 0.3) is 0 Å². The van der Waals surface area contributed by atoms with E-state index in [1.807, 2.05) is 12.1 Å². The van der Waals surface area contributed by atoms with Gasteiger partial charge in [-0.05, 0) is 30.0 Å². The van der Waals surface area contributed by atoms with Crippen molar-refractivity contribution in [3.05, 3.63) is 29.8 Å². The van der Waals surface area contributed by atoms with Crippen molar-refractivity contribution >= 4 is 12.6 Å². The summed E-state index contributed by atoms with van der Waals surface area (Å²) in [6.45, 7) is 7.31. The van der Waals surface area contributed by atoms with E-state index in [-0.39, 0.29) is 6.10 Å². The molecular weight excluding hydrogens is 204 g/mol. The Balaban J connectivity index is 2.61. The van der Waals surface area contributed by atoms with Crippen molar-refractivity contribution in [3.63, 3.8) is 0 Å². The molecule has 15 heavy (non-hydrogen) atoms. The van der Waals surface area contributed by atoms with E-state index in [9.17, 15) is 0 Å². The van der Waals surface area contributed by atoms with Gasteiger partial charge in [-0.1, -0.05) is 32.9 Å². The van der Waals surface area contributed by atoms with Gasteiger partial charge in [-0.15, -0.1) is 12.6 Å². The second-order valence-electron chi connectivity index (χ2n) is 4.22. The van der Waals surface area contributed by atoms with Crippen molar-refractivity contribution in [3.8, 4) is 0 Å². The Morgan fingerprint density at radius 3 is 2.27 bits per heavy atom. The number of hydrogen-bond acceptors (Lipinski definition) is 2. The van der Waals surface area contributed by atoms with Crippen molar-refractivity contribution in [2.75, 3.05) is 6.61 Å². The van der Waals surface area contributed by atoms with E-state index in [2.05, 4.69) is 45.5 Å². The average Bonchev–Trinajstić information content (AvgIpc) is 2.21. The number of rotatable bonds is 5. The van der Waals surface area contributed by atoms with Crippen LogP contribution >= 0.6 is 12.6 Å². The fourth-order valence-electron chi connectivity index (χ4n) is 1.45. The van der Waals surface area contributed by atoms with Gasteiger partial charge in [0.15, 0.2) is 0 Å². The predicted octanol–water partition coefficient (Wildman–Crippen LogP) is 4.10. The van der Waals surface area contributed by atoms with E-state index in [1.165, 1.54) is 5.56 Å². The van der Waals surface area contributed by atoms with Gasteiger partial charge in [-0.3, -0.25) is 0 Å². The van der Waals surface area contributed by atoms with Gasteiger partial charge in [0, 0.05) is 11.5 Å². The second-order valence-corrected chi connectivity index (χ2v) is 4.73. The molecular formula is C13H20OS. The topological polar surface area (TPSA) is 9.23 Å². The molecule has 0 fully saturated rings. The van der Waals surface area contributed by atoms with E-state index in [0.717, 1.165) is 17.9 Å². The minimum absolute atomic E-state index is 0.223. The lowest BCUT2D eigenvalue weighted by Crippen LogP contribution is -2.08. The fraction of sp³-hybridized carbons (Fsp3) is 0.538. The van der Waals surface area contributed by atoms with Crippen LogP contribution in [0.1, 0.15) is 38.9 Å². The summed E-state index contributed by atoms with van der Waals surface area (Å²) in [5.74, 6) is 0.586. The molecule has 2 heteroatoms. The summed E-state index contributed by atoms with van der Waals surface area (Å²) in [6, 6.07) is 8.22. The number of thiol groups is 1. The summed E-state index contributed by atoms with van der Waals surface area (Å²) in [7, 11) is 0. The van der Waals surface area contributed by atoms with Crippen LogP contribution in [0.15, 0.2) is 29.2 Å². The largest absolute Gasteiger partial charge is 0.373 e. The van der Waals surface area contributed by atoms with Crippen molar-refractivity contribution < 1.29 is 4.74 Å². The first-order valence-corrected chi connectivity index (χ1v) is 5.98. The molecule has 0 amide bonds. The molecule has 84 valence electrons. The lowest BCUT2D eigenvalue weighted by molar-refractivity contribution is 0.0326. The van der Waals surface area contributed by atoms with Gasteiger partial charge in [0.2, 0.25) is 0 Å². The van der Waals surface area contributed by atoms with Crippen LogP contribution in [0.2, 0.25) is 0 Å². The zero-order valence-corrected chi connectivity index (χ0v) is 10.6. The van der Waals surface area contributed by atoms with Gasteiger partial charge in [0.25, 0.3) is 0 Å². The first-order chi connectivity index (χ1) is 7.13. The highest BCUT2D eigenvalue weighted by atomic mass is 32.1. The van der Waals surface area contributed by atoms with Gasteiger partial charge < -0.3 is 4.74 Å². The first-order valence-electron chi connectivity index (χ1n) is 5.54. The first kappa shape index (κ1) is 12.6. The highest BCUT2D eigenvalue weighted by Gasteiger charge is 2.09. The van der Waals surface area contributed by atoms with Gasteiger partial charge >= 0.3 is 0 Å².